The van der Waals surface area contributed by atoms with Gasteiger partial charge in [-0.15, -0.1) is 0 Å². The summed E-state index contributed by atoms with van der Waals surface area (Å²) in [4.78, 5) is 68.4. The molecule has 5 amide bonds. The van der Waals surface area contributed by atoms with Crippen molar-refractivity contribution in [1.29, 1.82) is 0 Å². The minimum atomic E-state index is -0.998. The molecule has 96 heavy (non-hydrogen) atoms. The fourth-order valence-corrected chi connectivity index (χ4v) is 12.4. The van der Waals surface area contributed by atoms with Crippen LogP contribution in [0.4, 0.5) is 0 Å². The molecule has 7 N–H and O–H groups in total. The lowest BCUT2D eigenvalue weighted by molar-refractivity contribution is -0.131. The molecule has 14 heteroatoms. The van der Waals surface area contributed by atoms with Gasteiger partial charge in [0.25, 0.3) is 0 Å². The molecule has 2 atom stereocenters. The predicted octanol–water partition coefficient (Wildman–Crippen LogP) is 16.0. The van der Waals surface area contributed by atoms with E-state index in [0.717, 1.165) is 60.0 Å². The molecule has 0 heterocycles. The first-order valence-electron chi connectivity index (χ1n) is 35.8. The van der Waals surface area contributed by atoms with Gasteiger partial charge in [0.05, 0.1) is 26.4 Å². The first kappa shape index (κ1) is 83.5. The van der Waals surface area contributed by atoms with Crippen molar-refractivity contribution in [3.05, 3.63) is 176 Å². The second kappa shape index (κ2) is 45.7. The summed E-state index contributed by atoms with van der Waals surface area (Å²) in [7, 11) is 0. The number of unbranched alkanes of at least 4 members (excludes halogenated alkanes) is 2. The van der Waals surface area contributed by atoms with Crippen LogP contribution in [-0.2, 0) is 38.2 Å². The molecule has 14 nitrogen and oxygen atoms in total. The lowest BCUT2D eigenvalue weighted by Crippen LogP contribution is -2.53. The van der Waals surface area contributed by atoms with Crippen LogP contribution < -0.4 is 32.3 Å². The van der Waals surface area contributed by atoms with E-state index in [1.165, 1.54) is 71.6 Å². The minimum absolute atomic E-state index is 0.137. The highest BCUT2D eigenvalue weighted by Crippen LogP contribution is 2.43. The van der Waals surface area contributed by atoms with Crippen LogP contribution in [0.2, 0.25) is 0 Å². The van der Waals surface area contributed by atoms with Crippen LogP contribution in [0.3, 0.4) is 0 Å². The average molecular weight is 1320 g/mol. The molecule has 0 fully saturated rings. The number of allylic oxidation sites excluding steroid dienone is 27. The number of nitrogens with two attached hydrogens (primary N) is 1. The first-order valence-corrected chi connectivity index (χ1v) is 35.8. The van der Waals surface area contributed by atoms with Crippen molar-refractivity contribution in [3.63, 3.8) is 0 Å². The normalized spacial score (nSPS) is 18.5. The van der Waals surface area contributed by atoms with Gasteiger partial charge in [0.2, 0.25) is 29.5 Å². The number of hydrogen-bond acceptors (Lipinski definition) is 9. The third-order valence-corrected chi connectivity index (χ3v) is 18.1. The molecule has 0 spiro atoms. The number of ether oxygens (including phenoxy) is 3. The highest BCUT2D eigenvalue weighted by Gasteiger charge is 2.30. The van der Waals surface area contributed by atoms with E-state index in [4.69, 9.17) is 19.9 Å². The smallest absolute Gasteiger partial charge is 0.244 e. The molecule has 0 aromatic heterocycles. The van der Waals surface area contributed by atoms with E-state index in [-0.39, 0.29) is 46.8 Å². The second-order valence-corrected chi connectivity index (χ2v) is 28.6. The van der Waals surface area contributed by atoms with Crippen LogP contribution >= 0.6 is 0 Å². The van der Waals surface area contributed by atoms with E-state index >= 15 is 0 Å². The molecule has 0 radical (unpaired) electrons. The predicted molar refractivity (Wildman–Crippen MR) is 400 cm³/mol. The lowest BCUT2D eigenvalue weighted by atomic mass is 9.72. The highest BCUT2D eigenvalue weighted by atomic mass is 16.5. The summed E-state index contributed by atoms with van der Waals surface area (Å²) in [6.07, 6.45) is 50.0. The van der Waals surface area contributed by atoms with E-state index in [1.54, 1.807) is 12.2 Å². The summed E-state index contributed by atoms with van der Waals surface area (Å²) in [6.45, 7) is 36.7. The maximum atomic E-state index is 14.5. The Hall–Kier alpha value is -6.71. The first-order chi connectivity index (χ1) is 45.6. The van der Waals surface area contributed by atoms with E-state index in [0.29, 0.717) is 103 Å². The Labute approximate surface area is 580 Å². The molecule has 532 valence electrons. The third-order valence-electron chi connectivity index (χ3n) is 18.1. The number of carbonyl (C=O) groups is 5. The molecule has 1 unspecified atom stereocenters. The molecule has 3 rings (SSSR count). The van der Waals surface area contributed by atoms with Crippen molar-refractivity contribution in [2.24, 2.45) is 22.0 Å². The summed E-state index contributed by atoms with van der Waals surface area (Å²) in [5.41, 5.74) is 20.2. The Morgan fingerprint density at radius 2 is 0.760 bits per heavy atom. The zero-order valence-corrected chi connectivity index (χ0v) is 62.0. The molecular weight excluding hydrogens is 1200 g/mol. The monoisotopic (exact) mass is 1320 g/mol. The summed E-state index contributed by atoms with van der Waals surface area (Å²) < 4.78 is 16.8. The zero-order valence-electron chi connectivity index (χ0n) is 62.0. The summed E-state index contributed by atoms with van der Waals surface area (Å²) in [5, 5.41) is 14.9. The van der Waals surface area contributed by atoms with Crippen molar-refractivity contribution in [3.8, 4) is 0 Å². The number of rotatable bonds is 42. The molecule has 0 saturated carbocycles. The summed E-state index contributed by atoms with van der Waals surface area (Å²) in [5.74, 6) is -1.77. The van der Waals surface area contributed by atoms with E-state index in [1.807, 2.05) is 75.5 Å². The molecule has 0 saturated heterocycles. The Morgan fingerprint density at radius 3 is 1.14 bits per heavy atom. The molecule has 3 aliphatic rings. The molecule has 3 aliphatic carbocycles. The van der Waals surface area contributed by atoms with Crippen LogP contribution in [0.1, 0.15) is 213 Å². The van der Waals surface area contributed by atoms with Crippen LogP contribution in [0.5, 0.6) is 0 Å². The van der Waals surface area contributed by atoms with Crippen molar-refractivity contribution >= 4 is 29.5 Å². The van der Waals surface area contributed by atoms with Gasteiger partial charge in [0.1, 0.15) is 12.1 Å². The second-order valence-electron chi connectivity index (χ2n) is 28.6. The molecule has 0 aromatic rings. The minimum Gasteiger partial charge on any atom is -0.379 e. The largest absolute Gasteiger partial charge is 0.379 e. The maximum Gasteiger partial charge on any atom is 0.244 e. The lowest BCUT2D eigenvalue weighted by Gasteiger charge is -2.33. The fraction of sp³-hybridized carbons (Fsp3) is 0.573. The van der Waals surface area contributed by atoms with E-state index < -0.39 is 23.9 Å². The molecule has 0 aliphatic heterocycles. The van der Waals surface area contributed by atoms with Crippen LogP contribution in [0.25, 0.3) is 0 Å². The van der Waals surface area contributed by atoms with Crippen molar-refractivity contribution in [2.75, 3.05) is 65.8 Å². The zero-order chi connectivity index (χ0) is 70.9. The van der Waals surface area contributed by atoms with Crippen molar-refractivity contribution in [2.45, 2.75) is 225 Å². The Bertz CT molecular complexity index is 3010. The van der Waals surface area contributed by atoms with Crippen molar-refractivity contribution in [1.82, 2.24) is 26.6 Å². The van der Waals surface area contributed by atoms with Crippen LogP contribution in [0.15, 0.2) is 176 Å². The van der Waals surface area contributed by atoms with Crippen LogP contribution in [0, 0.1) is 16.2 Å². The Morgan fingerprint density at radius 1 is 0.417 bits per heavy atom. The third kappa shape index (κ3) is 35.0. The number of hydrogen-bond donors (Lipinski definition) is 6. The summed E-state index contributed by atoms with van der Waals surface area (Å²) >= 11 is 0. The van der Waals surface area contributed by atoms with Crippen molar-refractivity contribution < 1.29 is 38.2 Å². The van der Waals surface area contributed by atoms with Gasteiger partial charge < -0.3 is 46.5 Å². The van der Waals surface area contributed by atoms with Gasteiger partial charge in [0, 0.05) is 51.1 Å². The van der Waals surface area contributed by atoms with E-state index in [2.05, 4.69) is 146 Å². The van der Waals surface area contributed by atoms with Gasteiger partial charge in [-0.2, -0.15) is 0 Å². The Kier molecular flexibility index (Phi) is 39.8. The molecule has 0 bridgehead atoms. The quantitative estimate of drug-likeness (QED) is 0.0196. The summed E-state index contributed by atoms with van der Waals surface area (Å²) in [6, 6.07) is -1.94. The molecule has 0 aromatic carbocycles. The number of nitrogens with one attached hydrogen (secondary N) is 5. The Balaban J connectivity index is 1.74. The SMILES string of the molecule is CC1=C(/C=C/C(C)=C/C=C/C(C)=C/C(=O)NCCCCC(NC(=O)[C@@H](CCCCNC(=O)/C=C(C)/C=C/C=C(C)/C=C/C2=C(C)CCCC2(C)C)NC(=O)/C=C(C)/C=C/C=C(C)/C=C/C2=C(C)CCCC2(C)C)C(=O)NCCCOCCOCCOCCCN)C(C)(C)CCC1. The topological polar surface area (TPSA) is 199 Å². The van der Waals surface area contributed by atoms with E-state index in [9.17, 15) is 24.0 Å². The molecular formula is C82H126N6O8. The highest BCUT2D eigenvalue weighted by molar-refractivity contribution is 5.95. The van der Waals surface area contributed by atoms with Crippen LogP contribution in [-0.4, -0.2) is 107 Å². The van der Waals surface area contributed by atoms with Gasteiger partial charge in [-0.3, -0.25) is 24.0 Å². The number of amides is 5. The van der Waals surface area contributed by atoms with Gasteiger partial charge in [0.15, 0.2) is 0 Å². The van der Waals surface area contributed by atoms with Gasteiger partial charge >= 0.3 is 0 Å². The average Bonchev–Trinajstić information content (AvgIpc) is 0.904. The van der Waals surface area contributed by atoms with Gasteiger partial charge in [-0.25, -0.2) is 0 Å². The standard InChI is InChI=1S/C82H126N6O8/c1-61(39-42-70-67(7)34-23-45-80(70,10)11)28-20-31-64(4)58-75(89)84-49-18-16-37-73(78(92)86-51-27-53-95-55-57-96-56-54-94-52-26-48-83)88-79(93)74(87-77(91)60-66(6)33-22-30-63(3)41-44-72-69(9)36-25-47-82(72,14)15)38-17-19-50-85-76(90)59-65(5)32-21-29-62(2)40-43-71-68(8)35-24-46-81(71,12)13/h20-22,28-33,39-44,58-60,73-74H,16-19,23-27,34-38,45-57,83H2,1-15H3,(H,84,89)(H,85,90)(H,86,92)(H,87,91)(H,88,93)/b31-20+,32-21+,33-22+,42-39+,43-40+,44-41+,61-28+,62-29+,63-30+,64-58+,65-59+,66-60+/t73?,74-/m1/s1. The maximum absolute atomic E-state index is 14.5. The van der Waals surface area contributed by atoms with Gasteiger partial charge in [-0.1, -0.05) is 166 Å². The van der Waals surface area contributed by atoms with Gasteiger partial charge in [-0.05, 0) is 228 Å². The number of carbonyl (C=O) groups excluding carboxylic acids is 5. The fourth-order valence-electron chi connectivity index (χ4n) is 12.4.